The zero-order valence-corrected chi connectivity index (χ0v) is 17.2. The molecule has 3 rings (SSSR count). The monoisotopic (exact) mass is 420 g/mol. The van der Waals surface area contributed by atoms with Crippen molar-refractivity contribution in [2.24, 2.45) is 0 Å². The number of hydrogen-bond acceptors (Lipinski definition) is 4. The highest BCUT2D eigenvalue weighted by molar-refractivity contribution is 7.15. The van der Waals surface area contributed by atoms with Crippen molar-refractivity contribution in [3.63, 3.8) is 0 Å². The fourth-order valence-corrected chi connectivity index (χ4v) is 4.02. The average molecular weight is 421 g/mol. The molecule has 4 nitrogen and oxygen atoms in total. The van der Waals surface area contributed by atoms with E-state index in [4.69, 9.17) is 27.9 Å². The van der Waals surface area contributed by atoms with E-state index in [9.17, 15) is 4.79 Å². The third-order valence-electron chi connectivity index (χ3n) is 4.05. The van der Waals surface area contributed by atoms with Gasteiger partial charge < -0.3 is 10.1 Å². The minimum Gasteiger partial charge on any atom is -0.496 e. The van der Waals surface area contributed by atoms with Gasteiger partial charge in [0, 0.05) is 27.5 Å². The van der Waals surface area contributed by atoms with Crippen LogP contribution in [-0.4, -0.2) is 18.0 Å². The number of rotatable bonds is 6. The summed E-state index contributed by atoms with van der Waals surface area (Å²) in [5.41, 5.74) is 2.77. The summed E-state index contributed by atoms with van der Waals surface area (Å²) < 4.78 is 5.30. The molecule has 1 aromatic heterocycles. The smallest absolute Gasteiger partial charge is 0.230 e. The number of aromatic nitrogens is 1. The Labute approximate surface area is 172 Å². The third kappa shape index (κ3) is 5.01. The van der Waals surface area contributed by atoms with E-state index in [1.807, 2.05) is 43.3 Å². The lowest BCUT2D eigenvalue weighted by molar-refractivity contribution is -0.115. The molecule has 27 heavy (non-hydrogen) atoms. The van der Waals surface area contributed by atoms with Crippen LogP contribution in [0.2, 0.25) is 10.0 Å². The molecule has 0 aliphatic heterocycles. The van der Waals surface area contributed by atoms with Crippen LogP contribution in [0.15, 0.2) is 42.6 Å². The SMILES string of the molecule is COc1cc(CC(=O)Nc2ncc(Cc3c(Cl)cccc3Cl)s2)ccc1C. The first-order chi connectivity index (χ1) is 13.0. The Morgan fingerprint density at radius 1 is 1.22 bits per heavy atom. The predicted molar refractivity (Wildman–Crippen MR) is 111 cm³/mol. The first-order valence-electron chi connectivity index (χ1n) is 8.27. The van der Waals surface area contributed by atoms with Gasteiger partial charge in [0.25, 0.3) is 0 Å². The van der Waals surface area contributed by atoms with Crippen LogP contribution in [0.3, 0.4) is 0 Å². The maximum Gasteiger partial charge on any atom is 0.230 e. The van der Waals surface area contributed by atoms with Crippen molar-refractivity contribution in [2.45, 2.75) is 19.8 Å². The number of nitrogens with one attached hydrogen (secondary N) is 1. The minimum absolute atomic E-state index is 0.127. The normalized spacial score (nSPS) is 10.7. The fourth-order valence-electron chi connectivity index (χ4n) is 2.65. The van der Waals surface area contributed by atoms with E-state index in [1.54, 1.807) is 13.3 Å². The highest BCUT2D eigenvalue weighted by Crippen LogP contribution is 2.29. The number of carbonyl (C=O) groups is 1. The van der Waals surface area contributed by atoms with E-state index in [2.05, 4.69) is 10.3 Å². The van der Waals surface area contributed by atoms with Gasteiger partial charge in [0.2, 0.25) is 5.91 Å². The van der Waals surface area contributed by atoms with E-state index in [1.165, 1.54) is 11.3 Å². The first kappa shape index (κ1) is 19.7. The predicted octanol–water partition coefficient (Wildman–Crippen LogP) is 5.54. The van der Waals surface area contributed by atoms with Gasteiger partial charge in [-0.25, -0.2) is 4.98 Å². The molecule has 0 aliphatic carbocycles. The van der Waals surface area contributed by atoms with Gasteiger partial charge in [0.15, 0.2) is 5.13 Å². The zero-order valence-electron chi connectivity index (χ0n) is 14.9. The van der Waals surface area contributed by atoms with E-state index in [0.29, 0.717) is 21.6 Å². The zero-order chi connectivity index (χ0) is 19.4. The van der Waals surface area contributed by atoms with Gasteiger partial charge in [0.05, 0.1) is 13.5 Å². The van der Waals surface area contributed by atoms with Crippen LogP contribution in [0, 0.1) is 6.92 Å². The van der Waals surface area contributed by atoms with Crippen LogP contribution in [-0.2, 0) is 17.6 Å². The lowest BCUT2D eigenvalue weighted by Gasteiger charge is -2.07. The summed E-state index contributed by atoms with van der Waals surface area (Å²) in [6, 6.07) is 11.2. The Kier molecular flexibility index (Phi) is 6.37. The highest BCUT2D eigenvalue weighted by Gasteiger charge is 2.12. The van der Waals surface area contributed by atoms with E-state index >= 15 is 0 Å². The van der Waals surface area contributed by atoms with Crippen molar-refractivity contribution in [1.29, 1.82) is 0 Å². The maximum atomic E-state index is 12.3. The molecule has 0 aliphatic rings. The molecule has 0 spiro atoms. The summed E-state index contributed by atoms with van der Waals surface area (Å²) in [5, 5.41) is 4.63. The Balaban J connectivity index is 1.64. The molecule has 3 aromatic rings. The lowest BCUT2D eigenvalue weighted by Crippen LogP contribution is -2.14. The van der Waals surface area contributed by atoms with Gasteiger partial charge in [0.1, 0.15) is 5.75 Å². The summed E-state index contributed by atoms with van der Waals surface area (Å²) in [7, 11) is 1.62. The van der Waals surface area contributed by atoms with Gasteiger partial charge >= 0.3 is 0 Å². The van der Waals surface area contributed by atoms with Crippen LogP contribution in [0.1, 0.15) is 21.6 Å². The van der Waals surface area contributed by atoms with Gasteiger partial charge in [-0.15, -0.1) is 11.3 Å². The second-order valence-electron chi connectivity index (χ2n) is 6.04. The number of methoxy groups -OCH3 is 1. The summed E-state index contributed by atoms with van der Waals surface area (Å²) in [6.45, 7) is 1.96. The Morgan fingerprint density at radius 2 is 1.96 bits per heavy atom. The Bertz CT molecular complexity index is 952. The second kappa shape index (κ2) is 8.74. The van der Waals surface area contributed by atoms with Crippen LogP contribution in [0.5, 0.6) is 5.75 Å². The van der Waals surface area contributed by atoms with Gasteiger partial charge in [-0.3, -0.25) is 4.79 Å². The van der Waals surface area contributed by atoms with Crippen LogP contribution < -0.4 is 10.1 Å². The number of carbonyl (C=O) groups excluding carboxylic acids is 1. The second-order valence-corrected chi connectivity index (χ2v) is 7.97. The van der Waals surface area contributed by atoms with Crippen molar-refractivity contribution in [1.82, 2.24) is 4.98 Å². The molecule has 7 heteroatoms. The van der Waals surface area contributed by atoms with Crippen LogP contribution in [0.4, 0.5) is 5.13 Å². The van der Waals surface area contributed by atoms with E-state index in [-0.39, 0.29) is 12.3 Å². The van der Waals surface area contributed by atoms with Crippen molar-refractivity contribution >= 4 is 45.6 Å². The maximum absolute atomic E-state index is 12.3. The molecular formula is C20H18Cl2N2O2S. The van der Waals surface area contributed by atoms with Crippen molar-refractivity contribution in [3.8, 4) is 5.75 Å². The molecule has 0 atom stereocenters. The molecule has 1 amide bonds. The molecule has 0 saturated carbocycles. The topological polar surface area (TPSA) is 51.2 Å². The standard InChI is InChI=1S/C20H18Cl2N2O2S/c1-12-6-7-13(8-18(12)26-2)9-19(25)24-20-23-11-14(27-20)10-15-16(21)4-3-5-17(15)22/h3-8,11H,9-10H2,1-2H3,(H,23,24,25). The molecule has 0 saturated heterocycles. The first-order valence-corrected chi connectivity index (χ1v) is 9.84. The van der Waals surface area contributed by atoms with Crippen molar-refractivity contribution in [2.75, 3.05) is 12.4 Å². The number of benzene rings is 2. The molecular weight excluding hydrogens is 403 g/mol. The molecule has 1 N–H and O–H groups in total. The largest absolute Gasteiger partial charge is 0.496 e. The molecule has 1 heterocycles. The third-order valence-corrected chi connectivity index (χ3v) is 5.67. The van der Waals surface area contributed by atoms with Gasteiger partial charge in [-0.2, -0.15) is 0 Å². The molecule has 2 aromatic carbocycles. The number of nitrogens with zero attached hydrogens (tertiary/aromatic N) is 1. The number of ether oxygens (including phenoxy) is 1. The van der Waals surface area contributed by atoms with Crippen LogP contribution >= 0.6 is 34.5 Å². The van der Waals surface area contributed by atoms with Crippen LogP contribution in [0.25, 0.3) is 0 Å². The van der Waals surface area contributed by atoms with Crippen molar-refractivity contribution < 1.29 is 9.53 Å². The highest BCUT2D eigenvalue weighted by atomic mass is 35.5. The summed E-state index contributed by atoms with van der Waals surface area (Å²) >= 11 is 13.8. The lowest BCUT2D eigenvalue weighted by atomic mass is 10.1. The molecule has 0 bridgehead atoms. The molecule has 0 fully saturated rings. The molecule has 140 valence electrons. The Hall–Kier alpha value is -2.08. The Morgan fingerprint density at radius 3 is 2.67 bits per heavy atom. The summed E-state index contributed by atoms with van der Waals surface area (Å²) in [6.07, 6.45) is 2.55. The number of hydrogen-bond donors (Lipinski definition) is 1. The fraction of sp³-hybridized carbons (Fsp3) is 0.200. The van der Waals surface area contributed by atoms with E-state index in [0.717, 1.165) is 27.3 Å². The average Bonchev–Trinajstić information content (AvgIpc) is 3.07. The summed E-state index contributed by atoms with van der Waals surface area (Å²) in [5.74, 6) is 0.644. The number of halogens is 2. The van der Waals surface area contributed by atoms with Crippen molar-refractivity contribution in [3.05, 3.63) is 74.2 Å². The van der Waals surface area contributed by atoms with Gasteiger partial charge in [-0.05, 0) is 41.8 Å². The van der Waals surface area contributed by atoms with Gasteiger partial charge in [-0.1, -0.05) is 41.4 Å². The number of anilines is 1. The minimum atomic E-state index is -0.127. The molecule has 0 radical (unpaired) electrons. The van der Waals surface area contributed by atoms with E-state index < -0.39 is 0 Å². The number of thiazole rings is 1. The molecule has 0 unspecified atom stereocenters. The number of aryl methyl sites for hydroxylation is 1. The summed E-state index contributed by atoms with van der Waals surface area (Å²) in [4.78, 5) is 17.6. The quantitative estimate of drug-likeness (QED) is 0.569. The number of amides is 1.